The smallest absolute Gasteiger partial charge is 0.270 e. The van der Waals surface area contributed by atoms with Crippen molar-refractivity contribution in [2.45, 2.75) is 0 Å². The lowest BCUT2D eigenvalue weighted by Crippen LogP contribution is -2.25. The summed E-state index contributed by atoms with van der Waals surface area (Å²) in [6.07, 6.45) is 3.60. The lowest BCUT2D eigenvalue weighted by Gasteiger charge is -1.98. The second-order valence-corrected chi connectivity index (χ2v) is 4.73. The van der Waals surface area contributed by atoms with Crippen molar-refractivity contribution < 1.29 is 4.79 Å². The summed E-state index contributed by atoms with van der Waals surface area (Å²) >= 11 is 5.46. The second-order valence-electron chi connectivity index (χ2n) is 3.42. The summed E-state index contributed by atoms with van der Waals surface area (Å²) < 4.78 is 1.71. The number of carbonyl (C=O) groups excluding carboxylic acids is 1. The van der Waals surface area contributed by atoms with Crippen molar-refractivity contribution in [2.75, 3.05) is 12.3 Å². The Kier molecular flexibility index (Phi) is 3.80. The van der Waals surface area contributed by atoms with E-state index in [2.05, 4.69) is 28.0 Å². The lowest BCUT2D eigenvalue weighted by atomic mass is 10.4. The molecule has 17 heavy (non-hydrogen) atoms. The number of nitrogens with one attached hydrogen (secondary N) is 1. The summed E-state index contributed by atoms with van der Waals surface area (Å²) in [6, 6.07) is 0. The summed E-state index contributed by atoms with van der Waals surface area (Å²) in [4.78, 5) is 15.9. The van der Waals surface area contributed by atoms with Gasteiger partial charge >= 0.3 is 0 Å². The van der Waals surface area contributed by atoms with Crippen LogP contribution in [-0.4, -0.2) is 33.0 Å². The fraction of sp³-hybridized carbons (Fsp3) is 0.300. The molecule has 0 fully saturated rings. The molecule has 0 aliphatic rings. The number of hydrogen-bond donors (Lipinski definition) is 2. The van der Waals surface area contributed by atoms with Gasteiger partial charge in [0.2, 0.25) is 0 Å². The van der Waals surface area contributed by atoms with Crippen LogP contribution in [0.4, 0.5) is 0 Å². The van der Waals surface area contributed by atoms with E-state index in [1.165, 1.54) is 11.3 Å². The van der Waals surface area contributed by atoms with Gasteiger partial charge in [0.15, 0.2) is 0 Å². The van der Waals surface area contributed by atoms with E-state index >= 15 is 0 Å². The van der Waals surface area contributed by atoms with Crippen LogP contribution in [0.15, 0.2) is 17.8 Å². The zero-order valence-electron chi connectivity index (χ0n) is 9.25. The number of hydrogen-bond acceptors (Lipinski definition) is 5. The molecule has 0 radical (unpaired) electrons. The molecular weight excluding hydrogens is 256 g/mol. The van der Waals surface area contributed by atoms with Gasteiger partial charge in [-0.3, -0.25) is 9.48 Å². The highest BCUT2D eigenvalue weighted by Gasteiger charge is 2.11. The lowest BCUT2D eigenvalue weighted by molar-refractivity contribution is 0.0952. The first kappa shape index (κ1) is 12.1. The van der Waals surface area contributed by atoms with Gasteiger partial charge in [-0.2, -0.15) is 17.7 Å². The van der Waals surface area contributed by atoms with E-state index in [-0.39, 0.29) is 5.91 Å². The predicted molar refractivity (Wildman–Crippen MR) is 70.5 cm³/mol. The van der Waals surface area contributed by atoms with Crippen LogP contribution in [0, 0.1) is 0 Å². The standard InChI is InChI=1S/C10H12N4OS2/c1-14-5-7(4-12-14)10-13-8(6-17-10)9(15)11-2-3-16/h4-6,16H,2-3H2,1H3,(H,11,15). The van der Waals surface area contributed by atoms with E-state index in [1.807, 2.05) is 13.2 Å². The van der Waals surface area contributed by atoms with E-state index in [4.69, 9.17) is 0 Å². The Hall–Kier alpha value is -1.34. The molecule has 5 nitrogen and oxygen atoms in total. The molecule has 1 amide bonds. The third-order valence-electron chi connectivity index (χ3n) is 2.09. The number of thiol groups is 1. The van der Waals surface area contributed by atoms with Crippen molar-refractivity contribution in [1.29, 1.82) is 0 Å². The zero-order valence-corrected chi connectivity index (χ0v) is 11.0. The largest absolute Gasteiger partial charge is 0.350 e. The number of aromatic nitrogens is 3. The summed E-state index contributed by atoms with van der Waals surface area (Å²) in [6.45, 7) is 0.543. The quantitative estimate of drug-likeness (QED) is 0.819. The van der Waals surface area contributed by atoms with E-state index in [1.54, 1.807) is 16.3 Å². The molecule has 0 unspecified atom stereocenters. The molecule has 2 rings (SSSR count). The molecule has 0 spiro atoms. The van der Waals surface area contributed by atoms with Crippen molar-refractivity contribution in [3.8, 4) is 10.6 Å². The summed E-state index contributed by atoms with van der Waals surface area (Å²) in [5.41, 5.74) is 1.36. The zero-order chi connectivity index (χ0) is 12.3. The Morgan fingerprint density at radius 1 is 1.65 bits per heavy atom. The summed E-state index contributed by atoms with van der Waals surface area (Å²) in [5, 5.41) is 9.34. The van der Waals surface area contributed by atoms with Gasteiger partial charge in [0.25, 0.3) is 5.91 Å². The van der Waals surface area contributed by atoms with Crippen molar-refractivity contribution in [2.24, 2.45) is 7.05 Å². The SMILES string of the molecule is Cn1cc(-c2nc(C(=O)NCCS)cs2)cn1. The molecule has 0 saturated carbocycles. The predicted octanol–water partition coefficient (Wildman–Crippen LogP) is 1.20. The molecule has 90 valence electrons. The normalized spacial score (nSPS) is 10.5. The van der Waals surface area contributed by atoms with Crippen molar-refractivity contribution in [3.05, 3.63) is 23.5 Å². The van der Waals surface area contributed by atoms with Crippen molar-refractivity contribution in [3.63, 3.8) is 0 Å². The van der Waals surface area contributed by atoms with Gasteiger partial charge in [-0.25, -0.2) is 4.98 Å². The molecule has 2 aromatic rings. The third kappa shape index (κ3) is 2.86. The highest BCUT2D eigenvalue weighted by atomic mass is 32.1. The van der Waals surface area contributed by atoms with Gasteiger partial charge in [-0.15, -0.1) is 11.3 Å². The number of nitrogens with zero attached hydrogens (tertiary/aromatic N) is 3. The molecule has 0 aliphatic carbocycles. The average molecular weight is 268 g/mol. The first-order valence-corrected chi connectivity index (χ1v) is 6.55. The van der Waals surface area contributed by atoms with Crippen molar-refractivity contribution >= 4 is 29.9 Å². The Bertz CT molecular complexity index is 520. The minimum Gasteiger partial charge on any atom is -0.350 e. The molecule has 0 atom stereocenters. The Balaban J connectivity index is 2.13. The molecule has 2 aromatic heterocycles. The van der Waals surface area contributed by atoms with Gasteiger partial charge in [0, 0.05) is 36.5 Å². The van der Waals surface area contributed by atoms with Crippen LogP contribution in [0.1, 0.15) is 10.5 Å². The van der Waals surface area contributed by atoms with Crippen LogP contribution in [0.25, 0.3) is 10.6 Å². The minimum absolute atomic E-state index is 0.162. The van der Waals surface area contributed by atoms with Crippen molar-refractivity contribution in [1.82, 2.24) is 20.1 Å². The van der Waals surface area contributed by atoms with Gasteiger partial charge in [-0.1, -0.05) is 0 Å². The van der Waals surface area contributed by atoms with Gasteiger partial charge in [0.05, 0.1) is 6.20 Å². The molecule has 2 heterocycles. The number of thiazole rings is 1. The fourth-order valence-corrected chi connectivity index (χ4v) is 2.19. The maximum atomic E-state index is 11.6. The number of carbonyl (C=O) groups is 1. The number of rotatable bonds is 4. The van der Waals surface area contributed by atoms with Crippen LogP contribution in [0.2, 0.25) is 0 Å². The Morgan fingerprint density at radius 3 is 3.12 bits per heavy atom. The summed E-state index contributed by atoms with van der Waals surface area (Å²) in [7, 11) is 1.84. The second kappa shape index (κ2) is 5.33. The molecule has 7 heteroatoms. The Morgan fingerprint density at radius 2 is 2.47 bits per heavy atom. The summed E-state index contributed by atoms with van der Waals surface area (Å²) in [5.74, 6) is 0.455. The molecule has 0 saturated heterocycles. The van der Waals surface area contributed by atoms with Crippen LogP contribution in [-0.2, 0) is 7.05 Å². The van der Waals surface area contributed by atoms with Gasteiger partial charge in [0.1, 0.15) is 10.7 Å². The maximum absolute atomic E-state index is 11.6. The Labute approximate surface area is 108 Å². The molecular formula is C10H12N4OS2. The van der Waals surface area contributed by atoms with E-state index in [9.17, 15) is 4.79 Å². The number of aryl methyl sites for hydroxylation is 1. The highest BCUT2D eigenvalue weighted by Crippen LogP contribution is 2.22. The van der Waals surface area contributed by atoms with Gasteiger partial charge in [-0.05, 0) is 0 Å². The topological polar surface area (TPSA) is 59.8 Å². The highest BCUT2D eigenvalue weighted by molar-refractivity contribution is 7.80. The van der Waals surface area contributed by atoms with E-state index in [0.717, 1.165) is 10.6 Å². The molecule has 0 aromatic carbocycles. The van der Waals surface area contributed by atoms with Crippen LogP contribution in [0.5, 0.6) is 0 Å². The first-order chi connectivity index (χ1) is 8.20. The molecule has 0 aliphatic heterocycles. The number of amides is 1. The van der Waals surface area contributed by atoms with E-state index in [0.29, 0.717) is 18.0 Å². The van der Waals surface area contributed by atoms with Crippen LogP contribution in [0.3, 0.4) is 0 Å². The fourth-order valence-electron chi connectivity index (χ4n) is 1.30. The van der Waals surface area contributed by atoms with Gasteiger partial charge < -0.3 is 5.32 Å². The first-order valence-electron chi connectivity index (χ1n) is 5.04. The average Bonchev–Trinajstić information content (AvgIpc) is 2.93. The molecule has 1 N–H and O–H groups in total. The minimum atomic E-state index is -0.162. The van der Waals surface area contributed by atoms with Crippen LogP contribution >= 0.6 is 24.0 Å². The third-order valence-corrected chi connectivity index (χ3v) is 3.20. The molecule has 0 bridgehead atoms. The maximum Gasteiger partial charge on any atom is 0.270 e. The van der Waals surface area contributed by atoms with Crippen LogP contribution < -0.4 is 5.32 Å². The van der Waals surface area contributed by atoms with E-state index < -0.39 is 0 Å². The monoisotopic (exact) mass is 268 g/mol.